The molecule has 0 atom stereocenters. The number of aryl methyl sites for hydroxylation is 1. The predicted molar refractivity (Wildman–Crippen MR) is 87.2 cm³/mol. The highest BCUT2D eigenvalue weighted by Gasteiger charge is 2.25. The Hall–Kier alpha value is -3.08. The molecule has 1 N–H and O–H groups in total. The average molecular weight is 308 g/mol. The number of carboxylic acid groups (broad SMARTS) is 1. The summed E-state index contributed by atoms with van der Waals surface area (Å²) in [5.74, 6) is -1.09. The Balaban J connectivity index is 2.38. The number of benzene rings is 2. The summed E-state index contributed by atoms with van der Waals surface area (Å²) in [4.78, 5) is 15.8. The second-order valence-electron chi connectivity index (χ2n) is 5.09. The lowest BCUT2D eigenvalue weighted by Gasteiger charge is -2.13. The second kappa shape index (κ2) is 5.96. The molecule has 3 aromatic rings. The van der Waals surface area contributed by atoms with Crippen LogP contribution in [0.25, 0.3) is 16.9 Å². The minimum Gasteiger partial charge on any atom is -0.476 e. The van der Waals surface area contributed by atoms with E-state index in [0.29, 0.717) is 5.69 Å². The molecule has 1 aromatic heterocycles. The van der Waals surface area contributed by atoms with E-state index in [1.165, 1.54) is 7.11 Å². The largest absolute Gasteiger partial charge is 0.476 e. The molecule has 1 heterocycles. The standard InChI is InChI=1S/C18H16N2O3/c1-12-8-6-7-11-14(12)20-16(13-9-4-3-5-10-13)15(17(21)22)19-18(20)23-2/h3-11H,1-2H3,(H,21,22). The van der Waals surface area contributed by atoms with Gasteiger partial charge in [0.05, 0.1) is 18.5 Å². The Bertz CT molecular complexity index is 854. The first kappa shape index (κ1) is 14.8. The number of hydrogen-bond donors (Lipinski definition) is 1. The summed E-state index contributed by atoms with van der Waals surface area (Å²) in [7, 11) is 1.48. The summed E-state index contributed by atoms with van der Waals surface area (Å²) in [5.41, 5.74) is 3.07. The highest BCUT2D eigenvalue weighted by Crippen LogP contribution is 2.33. The normalized spacial score (nSPS) is 10.5. The summed E-state index contributed by atoms with van der Waals surface area (Å²) in [6.45, 7) is 1.96. The Labute approximate surface area is 133 Å². The SMILES string of the molecule is COc1nc(C(=O)O)c(-c2ccccc2)n1-c1ccccc1C. The van der Waals surface area contributed by atoms with Crippen LogP contribution in [-0.4, -0.2) is 27.7 Å². The van der Waals surface area contributed by atoms with Crippen molar-refractivity contribution in [3.63, 3.8) is 0 Å². The van der Waals surface area contributed by atoms with Gasteiger partial charge in [0.25, 0.3) is 0 Å². The number of nitrogens with zero attached hydrogens (tertiary/aromatic N) is 2. The van der Waals surface area contributed by atoms with Gasteiger partial charge in [-0.05, 0) is 18.6 Å². The van der Waals surface area contributed by atoms with Gasteiger partial charge in [0, 0.05) is 5.56 Å². The predicted octanol–water partition coefficient (Wildman–Crippen LogP) is 3.55. The second-order valence-corrected chi connectivity index (χ2v) is 5.09. The fourth-order valence-electron chi connectivity index (χ4n) is 2.59. The lowest BCUT2D eigenvalue weighted by molar-refractivity contribution is 0.0691. The summed E-state index contributed by atoms with van der Waals surface area (Å²) in [5, 5.41) is 9.55. The van der Waals surface area contributed by atoms with Crippen LogP contribution in [0.2, 0.25) is 0 Å². The zero-order chi connectivity index (χ0) is 16.4. The maximum atomic E-state index is 11.7. The molecule has 0 saturated heterocycles. The van der Waals surface area contributed by atoms with Crippen molar-refractivity contribution in [1.82, 2.24) is 9.55 Å². The summed E-state index contributed by atoms with van der Waals surface area (Å²) in [6.07, 6.45) is 0. The van der Waals surface area contributed by atoms with Crippen molar-refractivity contribution in [2.75, 3.05) is 7.11 Å². The summed E-state index contributed by atoms with van der Waals surface area (Å²) < 4.78 is 7.08. The van der Waals surface area contributed by atoms with Gasteiger partial charge in [-0.25, -0.2) is 4.79 Å². The van der Waals surface area contributed by atoms with Gasteiger partial charge in [0.2, 0.25) is 0 Å². The van der Waals surface area contributed by atoms with Crippen molar-refractivity contribution in [2.45, 2.75) is 6.92 Å². The molecule has 0 bridgehead atoms. The van der Waals surface area contributed by atoms with E-state index in [1.54, 1.807) is 4.57 Å². The zero-order valence-electron chi connectivity index (χ0n) is 12.9. The van der Waals surface area contributed by atoms with Gasteiger partial charge < -0.3 is 9.84 Å². The van der Waals surface area contributed by atoms with E-state index in [0.717, 1.165) is 16.8 Å². The van der Waals surface area contributed by atoms with Gasteiger partial charge in [-0.2, -0.15) is 4.98 Å². The molecule has 2 aromatic carbocycles. The van der Waals surface area contributed by atoms with Crippen LogP contribution >= 0.6 is 0 Å². The monoisotopic (exact) mass is 308 g/mol. The number of aromatic nitrogens is 2. The lowest BCUT2D eigenvalue weighted by atomic mass is 10.1. The molecule has 0 radical (unpaired) electrons. The number of imidazole rings is 1. The van der Waals surface area contributed by atoms with Crippen LogP contribution in [0.3, 0.4) is 0 Å². The van der Waals surface area contributed by atoms with Crippen molar-refractivity contribution in [3.05, 3.63) is 65.9 Å². The van der Waals surface area contributed by atoms with Crippen LogP contribution in [0.5, 0.6) is 6.01 Å². The molecule has 3 rings (SSSR count). The van der Waals surface area contributed by atoms with E-state index in [1.807, 2.05) is 61.5 Å². The number of ether oxygens (including phenoxy) is 1. The molecule has 23 heavy (non-hydrogen) atoms. The number of methoxy groups -OCH3 is 1. The first-order valence-electron chi connectivity index (χ1n) is 7.15. The van der Waals surface area contributed by atoms with Gasteiger partial charge >= 0.3 is 12.0 Å². The van der Waals surface area contributed by atoms with E-state index >= 15 is 0 Å². The molecule has 5 nitrogen and oxygen atoms in total. The third-order valence-electron chi connectivity index (χ3n) is 3.64. The average Bonchev–Trinajstić information content (AvgIpc) is 2.95. The topological polar surface area (TPSA) is 64.3 Å². The van der Waals surface area contributed by atoms with Crippen LogP contribution < -0.4 is 4.74 Å². The van der Waals surface area contributed by atoms with Crippen molar-refractivity contribution in [2.24, 2.45) is 0 Å². The van der Waals surface area contributed by atoms with Crippen LogP contribution in [-0.2, 0) is 0 Å². The molecule has 0 amide bonds. The Morgan fingerprint density at radius 1 is 1.09 bits per heavy atom. The molecule has 5 heteroatoms. The van der Waals surface area contributed by atoms with E-state index in [9.17, 15) is 9.90 Å². The molecule has 0 spiro atoms. The van der Waals surface area contributed by atoms with E-state index in [-0.39, 0.29) is 11.7 Å². The van der Waals surface area contributed by atoms with Gasteiger partial charge in [0.1, 0.15) is 0 Å². The quantitative estimate of drug-likeness (QED) is 0.800. The van der Waals surface area contributed by atoms with Crippen molar-refractivity contribution in [1.29, 1.82) is 0 Å². The minimum absolute atomic E-state index is 0.0312. The van der Waals surface area contributed by atoms with Gasteiger partial charge in [-0.3, -0.25) is 4.57 Å². The number of hydrogen-bond acceptors (Lipinski definition) is 3. The van der Waals surface area contributed by atoms with Crippen LogP contribution in [0.4, 0.5) is 0 Å². The van der Waals surface area contributed by atoms with Gasteiger partial charge in [-0.15, -0.1) is 0 Å². The van der Waals surface area contributed by atoms with Crippen LogP contribution in [0, 0.1) is 6.92 Å². The molecule has 0 aliphatic rings. The van der Waals surface area contributed by atoms with Crippen molar-refractivity contribution < 1.29 is 14.6 Å². The highest BCUT2D eigenvalue weighted by atomic mass is 16.5. The molecule has 0 aliphatic heterocycles. The van der Waals surface area contributed by atoms with E-state index in [2.05, 4.69) is 4.98 Å². The first-order chi connectivity index (χ1) is 11.1. The first-order valence-corrected chi connectivity index (χ1v) is 7.15. The van der Waals surface area contributed by atoms with Crippen LogP contribution in [0.1, 0.15) is 16.1 Å². The van der Waals surface area contributed by atoms with E-state index < -0.39 is 5.97 Å². The van der Waals surface area contributed by atoms with Gasteiger partial charge in [0.15, 0.2) is 5.69 Å². The Kier molecular flexibility index (Phi) is 3.85. The number of para-hydroxylation sites is 1. The number of carbonyl (C=O) groups is 1. The maximum absolute atomic E-state index is 11.7. The summed E-state index contributed by atoms with van der Waals surface area (Å²) in [6, 6.07) is 17.3. The molecule has 0 aliphatic carbocycles. The molecular formula is C18H16N2O3. The third kappa shape index (κ3) is 2.57. The maximum Gasteiger partial charge on any atom is 0.356 e. The number of rotatable bonds is 4. The van der Waals surface area contributed by atoms with E-state index in [4.69, 9.17) is 4.74 Å². The Morgan fingerprint density at radius 2 is 1.74 bits per heavy atom. The zero-order valence-corrected chi connectivity index (χ0v) is 12.9. The number of carboxylic acids is 1. The molecule has 0 unspecified atom stereocenters. The third-order valence-corrected chi connectivity index (χ3v) is 3.64. The Morgan fingerprint density at radius 3 is 2.35 bits per heavy atom. The van der Waals surface area contributed by atoms with Crippen molar-refractivity contribution >= 4 is 5.97 Å². The number of aromatic carboxylic acids is 1. The summed E-state index contributed by atoms with van der Waals surface area (Å²) >= 11 is 0. The molecule has 0 saturated carbocycles. The molecule has 0 fully saturated rings. The minimum atomic E-state index is -1.09. The van der Waals surface area contributed by atoms with Crippen molar-refractivity contribution in [3.8, 4) is 23.0 Å². The van der Waals surface area contributed by atoms with Crippen LogP contribution in [0.15, 0.2) is 54.6 Å². The van der Waals surface area contributed by atoms with Gasteiger partial charge in [-0.1, -0.05) is 48.5 Å². The smallest absolute Gasteiger partial charge is 0.356 e. The highest BCUT2D eigenvalue weighted by molar-refractivity contribution is 5.94. The molecular weight excluding hydrogens is 292 g/mol. The fourth-order valence-corrected chi connectivity index (χ4v) is 2.59. The fraction of sp³-hybridized carbons (Fsp3) is 0.111. The molecule has 116 valence electrons. The lowest BCUT2D eigenvalue weighted by Crippen LogP contribution is -2.04.